The van der Waals surface area contributed by atoms with E-state index in [1.54, 1.807) is 24.3 Å². The number of aldehydes is 1. The Hall–Kier alpha value is -3.02. The summed E-state index contributed by atoms with van der Waals surface area (Å²) in [5, 5.41) is 2.63. The van der Waals surface area contributed by atoms with Gasteiger partial charge >= 0.3 is 6.09 Å². The fourth-order valence-corrected chi connectivity index (χ4v) is 2.84. The van der Waals surface area contributed by atoms with Crippen LogP contribution in [0.25, 0.3) is 0 Å². The molecule has 0 aromatic heterocycles. The summed E-state index contributed by atoms with van der Waals surface area (Å²) in [4.78, 5) is 22.2. The minimum absolute atomic E-state index is 0.238. The highest BCUT2D eigenvalue weighted by atomic mass is 16.6. The summed E-state index contributed by atoms with van der Waals surface area (Å²) in [5.41, 5.74) is 1.55. The van der Waals surface area contributed by atoms with Crippen LogP contribution in [0.2, 0.25) is 0 Å². The Labute approximate surface area is 218 Å². The maximum atomic E-state index is 11.6. The van der Waals surface area contributed by atoms with Crippen molar-refractivity contribution in [2.75, 3.05) is 79.2 Å². The molecule has 0 unspecified atom stereocenters. The second kappa shape index (κ2) is 21.1. The molecule has 0 atom stereocenters. The van der Waals surface area contributed by atoms with Crippen molar-refractivity contribution in [3.63, 3.8) is 0 Å². The Morgan fingerprint density at radius 2 is 1.16 bits per heavy atom. The largest absolute Gasteiger partial charge is 0.491 e. The van der Waals surface area contributed by atoms with Crippen LogP contribution in [0.15, 0.2) is 54.6 Å². The molecular formula is C27H37NO9. The minimum Gasteiger partial charge on any atom is -0.491 e. The van der Waals surface area contributed by atoms with Gasteiger partial charge in [-0.1, -0.05) is 30.3 Å². The van der Waals surface area contributed by atoms with Crippen molar-refractivity contribution in [3.8, 4) is 5.75 Å². The summed E-state index contributed by atoms with van der Waals surface area (Å²) in [7, 11) is 0. The highest BCUT2D eigenvalue weighted by Crippen LogP contribution is 2.10. The summed E-state index contributed by atoms with van der Waals surface area (Å²) in [5.74, 6) is 0.699. The highest BCUT2D eigenvalue weighted by molar-refractivity contribution is 5.74. The summed E-state index contributed by atoms with van der Waals surface area (Å²) < 4.78 is 37.8. The van der Waals surface area contributed by atoms with Gasteiger partial charge < -0.3 is 38.5 Å². The van der Waals surface area contributed by atoms with E-state index in [1.165, 1.54) is 0 Å². The molecular weight excluding hydrogens is 482 g/mol. The molecule has 10 heteroatoms. The van der Waals surface area contributed by atoms with Gasteiger partial charge in [0.1, 0.15) is 25.2 Å². The molecule has 1 amide bonds. The zero-order valence-electron chi connectivity index (χ0n) is 21.1. The summed E-state index contributed by atoms with van der Waals surface area (Å²) >= 11 is 0. The highest BCUT2D eigenvalue weighted by Gasteiger charge is 2.01. The third-order valence-electron chi connectivity index (χ3n) is 4.73. The van der Waals surface area contributed by atoms with Crippen molar-refractivity contribution in [1.29, 1.82) is 0 Å². The van der Waals surface area contributed by atoms with E-state index >= 15 is 0 Å². The standard InChI is InChI=1S/C27H37NO9/c29-22-24-6-8-26(9-7-24)36-21-20-35-19-18-34-17-16-33-15-14-32-13-12-31-11-10-28-27(30)37-23-25-4-2-1-3-5-25/h1-9,22H,10-21,23H2,(H,28,30). The van der Waals surface area contributed by atoms with Gasteiger partial charge in [-0.15, -0.1) is 0 Å². The Kier molecular flexibility index (Phi) is 17.2. The van der Waals surface area contributed by atoms with E-state index in [0.717, 1.165) is 11.8 Å². The molecule has 2 aromatic carbocycles. The first-order valence-corrected chi connectivity index (χ1v) is 12.3. The number of nitrogens with one attached hydrogen (secondary N) is 1. The summed E-state index contributed by atoms with van der Waals surface area (Å²) in [6, 6.07) is 16.4. The Morgan fingerprint density at radius 3 is 1.70 bits per heavy atom. The molecule has 0 saturated heterocycles. The van der Waals surface area contributed by atoms with E-state index in [2.05, 4.69) is 5.32 Å². The normalized spacial score (nSPS) is 10.7. The van der Waals surface area contributed by atoms with Gasteiger partial charge in [0.25, 0.3) is 0 Å². The number of hydrogen-bond donors (Lipinski definition) is 1. The zero-order valence-corrected chi connectivity index (χ0v) is 21.1. The van der Waals surface area contributed by atoms with Crippen LogP contribution in [-0.4, -0.2) is 91.6 Å². The molecule has 10 nitrogen and oxygen atoms in total. The van der Waals surface area contributed by atoms with Gasteiger partial charge in [-0.05, 0) is 29.8 Å². The van der Waals surface area contributed by atoms with Gasteiger partial charge in [0, 0.05) is 12.1 Å². The number of hydrogen-bond acceptors (Lipinski definition) is 9. The molecule has 37 heavy (non-hydrogen) atoms. The fraction of sp³-hybridized carbons (Fsp3) is 0.481. The summed E-state index contributed by atoms with van der Waals surface area (Å²) in [6.45, 7) is 5.59. The van der Waals surface area contributed by atoms with Crippen LogP contribution in [0.3, 0.4) is 0 Å². The van der Waals surface area contributed by atoms with E-state index in [9.17, 15) is 9.59 Å². The SMILES string of the molecule is O=Cc1ccc(OCCOCCOCCOCCOCCOCCNC(=O)OCc2ccccc2)cc1. The first-order valence-electron chi connectivity index (χ1n) is 12.3. The van der Waals surface area contributed by atoms with Gasteiger partial charge in [0.15, 0.2) is 0 Å². The van der Waals surface area contributed by atoms with Crippen molar-refractivity contribution in [2.24, 2.45) is 0 Å². The molecule has 0 spiro atoms. The van der Waals surface area contributed by atoms with Crippen molar-refractivity contribution in [3.05, 3.63) is 65.7 Å². The van der Waals surface area contributed by atoms with E-state index in [0.29, 0.717) is 90.5 Å². The van der Waals surface area contributed by atoms with Gasteiger partial charge in [-0.2, -0.15) is 0 Å². The van der Waals surface area contributed by atoms with Crippen LogP contribution in [0, 0.1) is 0 Å². The third-order valence-corrected chi connectivity index (χ3v) is 4.73. The number of rotatable bonds is 22. The van der Waals surface area contributed by atoms with Crippen molar-refractivity contribution in [2.45, 2.75) is 6.61 Å². The molecule has 0 fully saturated rings. The van der Waals surface area contributed by atoms with Crippen LogP contribution in [-0.2, 0) is 35.0 Å². The average molecular weight is 520 g/mol. The Balaban J connectivity index is 1.24. The van der Waals surface area contributed by atoms with Crippen LogP contribution in [0.4, 0.5) is 4.79 Å². The van der Waals surface area contributed by atoms with Crippen LogP contribution >= 0.6 is 0 Å². The van der Waals surface area contributed by atoms with E-state index in [1.807, 2.05) is 30.3 Å². The molecule has 0 aliphatic heterocycles. The zero-order chi connectivity index (χ0) is 26.2. The van der Waals surface area contributed by atoms with Gasteiger partial charge in [-0.3, -0.25) is 4.79 Å². The first-order chi connectivity index (χ1) is 18.3. The second-order valence-corrected chi connectivity index (χ2v) is 7.59. The second-order valence-electron chi connectivity index (χ2n) is 7.59. The smallest absolute Gasteiger partial charge is 0.407 e. The number of carbonyl (C=O) groups excluding carboxylic acids is 2. The third kappa shape index (κ3) is 16.4. The molecule has 1 N–H and O–H groups in total. The first kappa shape index (κ1) is 30.2. The topological polar surface area (TPSA) is 111 Å². The molecule has 0 radical (unpaired) electrons. The van der Waals surface area contributed by atoms with Crippen LogP contribution in [0.5, 0.6) is 5.75 Å². The molecule has 0 heterocycles. The molecule has 204 valence electrons. The number of ether oxygens (including phenoxy) is 7. The lowest BCUT2D eigenvalue weighted by molar-refractivity contribution is -0.0125. The predicted molar refractivity (Wildman–Crippen MR) is 136 cm³/mol. The number of alkyl carbamates (subject to hydrolysis) is 1. The van der Waals surface area contributed by atoms with Crippen molar-refractivity contribution >= 4 is 12.4 Å². The fourth-order valence-electron chi connectivity index (χ4n) is 2.84. The quantitative estimate of drug-likeness (QED) is 0.185. The Bertz CT molecular complexity index is 834. The van der Waals surface area contributed by atoms with Crippen LogP contribution in [0.1, 0.15) is 15.9 Å². The predicted octanol–water partition coefficient (Wildman–Crippen LogP) is 2.89. The minimum atomic E-state index is -0.470. The van der Waals surface area contributed by atoms with Gasteiger partial charge in [0.05, 0.1) is 66.1 Å². The monoisotopic (exact) mass is 519 g/mol. The molecule has 2 rings (SSSR count). The van der Waals surface area contributed by atoms with Gasteiger partial charge in [-0.25, -0.2) is 4.79 Å². The Morgan fingerprint density at radius 1 is 0.649 bits per heavy atom. The van der Waals surface area contributed by atoms with Crippen molar-refractivity contribution < 1.29 is 42.7 Å². The molecule has 0 aliphatic carbocycles. The molecule has 0 saturated carbocycles. The molecule has 0 bridgehead atoms. The maximum Gasteiger partial charge on any atom is 0.407 e. The van der Waals surface area contributed by atoms with Crippen LogP contribution < -0.4 is 10.1 Å². The maximum absolute atomic E-state index is 11.6. The van der Waals surface area contributed by atoms with E-state index in [4.69, 9.17) is 33.2 Å². The van der Waals surface area contributed by atoms with E-state index < -0.39 is 6.09 Å². The lowest BCUT2D eigenvalue weighted by Gasteiger charge is -2.09. The lowest BCUT2D eigenvalue weighted by Crippen LogP contribution is -2.28. The summed E-state index contributed by atoms with van der Waals surface area (Å²) in [6.07, 6.45) is 0.323. The van der Waals surface area contributed by atoms with Crippen molar-refractivity contribution in [1.82, 2.24) is 5.32 Å². The lowest BCUT2D eigenvalue weighted by atomic mass is 10.2. The average Bonchev–Trinajstić information content (AvgIpc) is 2.94. The molecule has 2 aromatic rings. The number of benzene rings is 2. The number of carbonyl (C=O) groups is 2. The van der Waals surface area contributed by atoms with Gasteiger partial charge in [0.2, 0.25) is 0 Å². The van der Waals surface area contributed by atoms with E-state index in [-0.39, 0.29) is 6.61 Å². The molecule has 0 aliphatic rings. The number of amides is 1.